The van der Waals surface area contributed by atoms with Crippen LogP contribution in [0.25, 0.3) is 0 Å². The summed E-state index contributed by atoms with van der Waals surface area (Å²) in [5.74, 6) is -0.180. The molecule has 0 aliphatic rings. The van der Waals surface area contributed by atoms with Gasteiger partial charge in [0, 0.05) is 20.7 Å². The van der Waals surface area contributed by atoms with E-state index in [2.05, 4.69) is 0 Å². The molecule has 0 fully saturated rings. The molecule has 0 aliphatic heterocycles. The second-order valence-corrected chi connectivity index (χ2v) is 6.90. The van der Waals surface area contributed by atoms with E-state index in [1.54, 1.807) is 6.92 Å². The molecule has 0 N–H and O–H groups in total. The van der Waals surface area contributed by atoms with Gasteiger partial charge in [-0.25, -0.2) is 12.7 Å². The molecule has 1 aromatic rings. The lowest BCUT2D eigenvalue weighted by molar-refractivity contribution is -0.137. The second kappa shape index (κ2) is 6.76. The van der Waals surface area contributed by atoms with Crippen molar-refractivity contribution in [1.82, 2.24) is 4.31 Å². The van der Waals surface area contributed by atoms with Crippen molar-refractivity contribution in [2.45, 2.75) is 25.7 Å². The first-order valence-corrected chi connectivity index (χ1v) is 7.80. The summed E-state index contributed by atoms with van der Waals surface area (Å²) in [6, 6.07) is 4.42. The summed E-state index contributed by atoms with van der Waals surface area (Å²) in [4.78, 5) is 0. The fraction of sp³-hybridized carbons (Fsp3) is 0.538. The molecule has 0 saturated carbocycles. The summed E-state index contributed by atoms with van der Waals surface area (Å²) in [6.07, 6.45) is -4.85. The summed E-state index contributed by atoms with van der Waals surface area (Å²) in [6.45, 7) is 1.64. The highest BCUT2D eigenvalue weighted by atomic mass is 32.2. The van der Waals surface area contributed by atoms with Gasteiger partial charge in [0.2, 0.25) is 10.0 Å². The molecule has 21 heavy (non-hydrogen) atoms. The molecule has 1 aromatic carbocycles. The number of sulfonamides is 1. The third-order valence-corrected chi connectivity index (χ3v) is 4.98. The lowest BCUT2D eigenvalue weighted by atomic mass is 10.1. The van der Waals surface area contributed by atoms with Crippen LogP contribution in [0.15, 0.2) is 24.3 Å². The Kier molecular flexibility index (Phi) is 5.77. The van der Waals surface area contributed by atoms with Crippen LogP contribution in [0.2, 0.25) is 0 Å². The quantitative estimate of drug-likeness (QED) is 0.807. The molecule has 0 saturated heterocycles. The van der Waals surface area contributed by atoms with Crippen LogP contribution in [0.1, 0.15) is 18.1 Å². The van der Waals surface area contributed by atoms with E-state index in [9.17, 15) is 21.6 Å². The molecule has 0 unspecified atom stereocenters. The van der Waals surface area contributed by atoms with Crippen molar-refractivity contribution in [3.05, 3.63) is 35.4 Å². The number of benzene rings is 1. The van der Waals surface area contributed by atoms with Crippen LogP contribution < -0.4 is 0 Å². The number of methoxy groups -OCH3 is 1. The van der Waals surface area contributed by atoms with Gasteiger partial charge >= 0.3 is 6.18 Å². The van der Waals surface area contributed by atoms with Crippen LogP contribution in [0.4, 0.5) is 13.2 Å². The molecule has 0 heterocycles. The molecule has 1 rings (SSSR count). The highest BCUT2D eigenvalue weighted by Gasteiger charge is 2.30. The predicted molar refractivity (Wildman–Crippen MR) is 73.2 cm³/mol. The maximum Gasteiger partial charge on any atom is 0.416 e. The summed E-state index contributed by atoms with van der Waals surface area (Å²) in [5, 5.41) is 0. The number of rotatable bonds is 6. The van der Waals surface area contributed by atoms with Crippen molar-refractivity contribution in [2.24, 2.45) is 0 Å². The minimum Gasteiger partial charge on any atom is -0.381 e. The van der Waals surface area contributed by atoms with Gasteiger partial charge < -0.3 is 4.74 Å². The Bertz CT molecular complexity index is 555. The highest BCUT2D eigenvalue weighted by molar-refractivity contribution is 7.89. The Labute approximate surface area is 122 Å². The van der Waals surface area contributed by atoms with E-state index < -0.39 is 27.9 Å². The van der Waals surface area contributed by atoms with E-state index in [-0.39, 0.29) is 12.3 Å². The van der Waals surface area contributed by atoms with Crippen molar-refractivity contribution >= 4 is 10.0 Å². The first-order valence-electron chi connectivity index (χ1n) is 6.19. The number of hydrogen-bond donors (Lipinski definition) is 0. The minimum atomic E-state index is -4.40. The van der Waals surface area contributed by atoms with Crippen LogP contribution in [-0.4, -0.2) is 38.7 Å². The van der Waals surface area contributed by atoms with Crippen molar-refractivity contribution < 1.29 is 26.3 Å². The molecular formula is C13H18F3NO3S. The predicted octanol–water partition coefficient (Wildman–Crippen LogP) is 2.50. The molecule has 1 atom stereocenters. The zero-order valence-corrected chi connectivity index (χ0v) is 12.8. The van der Waals surface area contributed by atoms with Gasteiger partial charge in [-0.05, 0) is 24.6 Å². The minimum absolute atomic E-state index is 0.0108. The number of nitrogens with zero attached hydrogens (tertiary/aromatic N) is 1. The van der Waals surface area contributed by atoms with E-state index in [1.807, 2.05) is 0 Å². The molecule has 0 aromatic heterocycles. The van der Waals surface area contributed by atoms with Crippen LogP contribution in [0, 0.1) is 0 Å². The first kappa shape index (κ1) is 17.9. The highest BCUT2D eigenvalue weighted by Crippen LogP contribution is 2.29. The van der Waals surface area contributed by atoms with Gasteiger partial charge in [-0.15, -0.1) is 0 Å². The zero-order chi connectivity index (χ0) is 16.3. The molecule has 0 radical (unpaired) electrons. The van der Waals surface area contributed by atoms with Crippen LogP contribution in [-0.2, 0) is 27.5 Å². The number of ether oxygens (including phenoxy) is 1. The summed E-state index contributed by atoms with van der Waals surface area (Å²) in [5.41, 5.74) is -0.274. The van der Waals surface area contributed by atoms with Gasteiger partial charge in [-0.2, -0.15) is 13.2 Å². The average Bonchev–Trinajstić information content (AvgIpc) is 2.37. The Morgan fingerprint density at radius 1 is 1.24 bits per heavy atom. The van der Waals surface area contributed by atoms with Gasteiger partial charge in [0.1, 0.15) is 0 Å². The monoisotopic (exact) mass is 325 g/mol. The first-order chi connectivity index (χ1) is 9.56. The van der Waals surface area contributed by atoms with Crippen molar-refractivity contribution in [1.29, 1.82) is 0 Å². The molecule has 120 valence electrons. The molecule has 4 nitrogen and oxygen atoms in total. The lowest BCUT2D eigenvalue weighted by Gasteiger charge is -2.19. The normalized spacial score (nSPS) is 14.4. The molecule has 8 heteroatoms. The van der Waals surface area contributed by atoms with E-state index in [4.69, 9.17) is 4.74 Å². The number of alkyl halides is 3. The Hall–Kier alpha value is -1.12. The fourth-order valence-corrected chi connectivity index (χ4v) is 2.98. The largest absolute Gasteiger partial charge is 0.416 e. The van der Waals surface area contributed by atoms with Crippen molar-refractivity contribution in [2.75, 3.05) is 19.9 Å². The van der Waals surface area contributed by atoms with E-state index >= 15 is 0 Å². The fourth-order valence-electron chi connectivity index (χ4n) is 1.65. The van der Waals surface area contributed by atoms with Crippen LogP contribution in [0.5, 0.6) is 0 Å². The second-order valence-electron chi connectivity index (χ2n) is 4.78. The van der Waals surface area contributed by atoms with Crippen LogP contribution >= 0.6 is 0 Å². The molecule has 0 amide bonds. The molecule has 0 aliphatic carbocycles. The molecular weight excluding hydrogens is 307 g/mol. The van der Waals surface area contributed by atoms with Crippen molar-refractivity contribution in [3.63, 3.8) is 0 Å². The average molecular weight is 325 g/mol. The van der Waals surface area contributed by atoms with Gasteiger partial charge in [0.05, 0.1) is 17.4 Å². The van der Waals surface area contributed by atoms with E-state index in [0.717, 1.165) is 16.4 Å². The smallest absolute Gasteiger partial charge is 0.381 e. The van der Waals surface area contributed by atoms with E-state index in [0.29, 0.717) is 5.56 Å². The molecule has 0 spiro atoms. The maximum absolute atomic E-state index is 12.4. The van der Waals surface area contributed by atoms with Crippen molar-refractivity contribution in [3.8, 4) is 0 Å². The molecule has 0 bridgehead atoms. The Balaban J connectivity index is 2.77. The van der Waals surface area contributed by atoms with Gasteiger partial charge in [0.25, 0.3) is 0 Å². The van der Waals surface area contributed by atoms with Crippen LogP contribution in [0.3, 0.4) is 0 Å². The maximum atomic E-state index is 12.4. The standard InChI is InChI=1S/C13H18F3NO3S/c1-10(20-3)9-21(18,19)17(2)8-11-4-6-12(7-5-11)13(14,15)16/h4-7,10H,8-9H2,1-3H3/t10-/m0/s1. The van der Waals surface area contributed by atoms with Gasteiger partial charge in [-0.3, -0.25) is 0 Å². The van der Waals surface area contributed by atoms with Gasteiger partial charge in [0.15, 0.2) is 0 Å². The topological polar surface area (TPSA) is 46.6 Å². The van der Waals surface area contributed by atoms with E-state index in [1.165, 1.54) is 26.3 Å². The SMILES string of the molecule is CO[C@@H](C)CS(=O)(=O)N(C)Cc1ccc(C(F)(F)F)cc1. The third-order valence-electron chi connectivity index (χ3n) is 3.01. The number of halogens is 3. The number of hydrogen-bond acceptors (Lipinski definition) is 3. The third kappa shape index (κ3) is 5.29. The summed E-state index contributed by atoms with van der Waals surface area (Å²) >= 11 is 0. The zero-order valence-electron chi connectivity index (χ0n) is 12.0. The lowest BCUT2D eigenvalue weighted by Crippen LogP contribution is -2.33. The van der Waals surface area contributed by atoms with Gasteiger partial charge in [-0.1, -0.05) is 12.1 Å². The Morgan fingerprint density at radius 3 is 2.19 bits per heavy atom. The summed E-state index contributed by atoms with van der Waals surface area (Å²) < 4.78 is 67.3. The summed E-state index contributed by atoms with van der Waals surface area (Å²) in [7, 11) is -0.725. The Morgan fingerprint density at radius 2 is 1.76 bits per heavy atom.